The van der Waals surface area contributed by atoms with Gasteiger partial charge in [0.05, 0.1) is 25.1 Å². The van der Waals surface area contributed by atoms with Crippen molar-refractivity contribution in [2.45, 2.75) is 26.3 Å². The normalized spacial score (nSPS) is 16.4. The van der Waals surface area contributed by atoms with Crippen molar-refractivity contribution in [3.8, 4) is 0 Å². The second-order valence-corrected chi connectivity index (χ2v) is 9.07. The molecule has 0 saturated carbocycles. The zero-order chi connectivity index (χ0) is 24.3. The molecule has 0 radical (unpaired) electrons. The van der Waals surface area contributed by atoms with E-state index in [4.69, 9.17) is 14.7 Å². The van der Waals surface area contributed by atoms with Crippen molar-refractivity contribution >= 4 is 40.1 Å². The van der Waals surface area contributed by atoms with Crippen LogP contribution in [0.25, 0.3) is 11.2 Å². The summed E-state index contributed by atoms with van der Waals surface area (Å²) in [5.74, 6) is 0.743. The molecule has 2 aromatic heterocycles. The van der Waals surface area contributed by atoms with E-state index < -0.39 is 0 Å². The molecule has 6 rings (SSSR count). The quantitative estimate of drug-likeness (QED) is 0.343. The number of aromatic nitrogens is 4. The van der Waals surface area contributed by atoms with Crippen LogP contribution >= 0.6 is 0 Å². The largest absolute Gasteiger partial charge is 0.378 e. The number of anilines is 5. The first-order valence-electron chi connectivity index (χ1n) is 12.4. The predicted molar refractivity (Wildman–Crippen MR) is 146 cm³/mol. The van der Waals surface area contributed by atoms with Crippen LogP contribution in [0.15, 0.2) is 54.7 Å². The highest BCUT2D eigenvalue weighted by Gasteiger charge is 2.23. The lowest BCUT2D eigenvalue weighted by Gasteiger charge is -2.28. The Labute approximate surface area is 216 Å². The summed E-state index contributed by atoms with van der Waals surface area (Å²) < 4.78 is 21.9. The van der Waals surface area contributed by atoms with Crippen molar-refractivity contribution < 1.29 is 9.13 Å². The summed E-state index contributed by atoms with van der Waals surface area (Å²) in [5, 5.41) is 9.92. The van der Waals surface area contributed by atoms with Gasteiger partial charge in [-0.3, -0.25) is 4.57 Å². The SMILES string of the molecule is C.Fc1ccccc1Nc1nc2cnc(Nc3ccc(N4CCOCC4)cc3)nc2n1C1CCNCC1. The number of imidazole rings is 1. The maximum absolute atomic E-state index is 14.4. The lowest BCUT2D eigenvalue weighted by Crippen LogP contribution is -2.36. The first-order valence-corrected chi connectivity index (χ1v) is 12.4. The van der Waals surface area contributed by atoms with Gasteiger partial charge in [0.2, 0.25) is 11.9 Å². The van der Waals surface area contributed by atoms with Crippen LogP contribution in [0.1, 0.15) is 26.3 Å². The number of hydrogen-bond acceptors (Lipinski definition) is 8. The Balaban J connectivity index is 0.00000280. The van der Waals surface area contributed by atoms with E-state index in [1.165, 1.54) is 11.8 Å². The number of rotatable bonds is 6. The molecular weight excluding hydrogens is 471 g/mol. The summed E-state index contributed by atoms with van der Waals surface area (Å²) >= 11 is 0. The lowest BCUT2D eigenvalue weighted by atomic mass is 10.1. The Morgan fingerprint density at radius 2 is 1.70 bits per heavy atom. The average Bonchev–Trinajstić information content (AvgIpc) is 3.28. The zero-order valence-corrected chi connectivity index (χ0v) is 20.0. The van der Waals surface area contributed by atoms with Crippen molar-refractivity contribution in [2.75, 3.05) is 54.9 Å². The predicted octanol–water partition coefficient (Wildman–Crippen LogP) is 4.85. The summed E-state index contributed by atoms with van der Waals surface area (Å²) in [6, 6.07) is 15.1. The van der Waals surface area contributed by atoms with Gasteiger partial charge in [0.1, 0.15) is 11.3 Å². The topological polar surface area (TPSA) is 92.2 Å². The molecule has 9 nitrogen and oxygen atoms in total. The molecule has 2 saturated heterocycles. The van der Waals surface area contributed by atoms with Gasteiger partial charge in [0.15, 0.2) is 5.65 Å². The van der Waals surface area contributed by atoms with Gasteiger partial charge in [-0.05, 0) is 62.3 Å². The van der Waals surface area contributed by atoms with Crippen LogP contribution in [-0.4, -0.2) is 58.9 Å². The molecule has 3 N–H and O–H groups in total. The highest BCUT2D eigenvalue weighted by molar-refractivity contribution is 5.77. The third kappa shape index (κ3) is 5.35. The van der Waals surface area contributed by atoms with Crippen LogP contribution in [0.2, 0.25) is 0 Å². The number of para-hydroxylation sites is 1. The molecule has 2 aliphatic rings. The standard InChI is InChI=1S/C26H29FN8O.CH4/c27-21-3-1-2-4-22(21)31-26-32-23-17-29-25(33-24(23)35(26)20-9-11-28-12-10-20)30-18-5-7-19(8-6-18)34-13-15-36-16-14-34;/h1-8,17,20,28H,9-16H2,(H,31,32)(H,29,30,33);1H4. The van der Waals surface area contributed by atoms with Crippen LogP contribution in [0.5, 0.6) is 0 Å². The molecule has 0 bridgehead atoms. The number of piperidine rings is 1. The summed E-state index contributed by atoms with van der Waals surface area (Å²) in [4.78, 5) is 16.4. The fourth-order valence-corrected chi connectivity index (χ4v) is 4.84. The molecule has 0 amide bonds. The summed E-state index contributed by atoms with van der Waals surface area (Å²) in [6.07, 6.45) is 3.59. The third-order valence-corrected chi connectivity index (χ3v) is 6.73. The van der Waals surface area contributed by atoms with Gasteiger partial charge in [0.25, 0.3) is 0 Å². The van der Waals surface area contributed by atoms with Crippen LogP contribution < -0.4 is 20.9 Å². The molecule has 0 unspecified atom stereocenters. The van der Waals surface area contributed by atoms with E-state index in [9.17, 15) is 4.39 Å². The molecular formula is C27H33FN8O. The molecule has 10 heteroatoms. The van der Waals surface area contributed by atoms with E-state index in [0.717, 1.165) is 63.6 Å². The van der Waals surface area contributed by atoms with Gasteiger partial charge in [-0.15, -0.1) is 0 Å². The maximum atomic E-state index is 14.4. The van der Waals surface area contributed by atoms with E-state index in [1.54, 1.807) is 24.4 Å². The number of hydrogen-bond donors (Lipinski definition) is 3. The number of nitrogens with zero attached hydrogens (tertiary/aromatic N) is 5. The van der Waals surface area contributed by atoms with Gasteiger partial charge in [-0.2, -0.15) is 4.98 Å². The molecule has 0 atom stereocenters. The molecule has 4 heterocycles. The van der Waals surface area contributed by atoms with Crippen LogP contribution in [0, 0.1) is 5.82 Å². The van der Waals surface area contributed by atoms with Gasteiger partial charge in [-0.25, -0.2) is 14.4 Å². The summed E-state index contributed by atoms with van der Waals surface area (Å²) in [6.45, 7) is 5.13. The molecule has 194 valence electrons. The molecule has 4 aromatic rings. The fraction of sp³-hybridized carbons (Fsp3) is 0.370. The second kappa shape index (κ2) is 11.1. The van der Waals surface area contributed by atoms with Crippen LogP contribution in [0.3, 0.4) is 0 Å². The number of ether oxygens (including phenoxy) is 1. The van der Waals surface area contributed by atoms with E-state index in [1.807, 2.05) is 12.1 Å². The third-order valence-electron chi connectivity index (χ3n) is 6.73. The number of halogens is 1. The highest BCUT2D eigenvalue weighted by atomic mass is 19.1. The van der Waals surface area contributed by atoms with E-state index >= 15 is 0 Å². The average molecular weight is 505 g/mol. The van der Waals surface area contributed by atoms with Crippen molar-refractivity contribution in [2.24, 2.45) is 0 Å². The first-order chi connectivity index (χ1) is 17.7. The first kappa shape index (κ1) is 24.9. The Bertz CT molecular complexity index is 1330. The van der Waals surface area contributed by atoms with Crippen LogP contribution in [0.4, 0.5) is 33.3 Å². The number of morpholine rings is 1. The number of nitrogens with one attached hydrogen (secondary N) is 3. The lowest BCUT2D eigenvalue weighted by molar-refractivity contribution is 0.122. The monoisotopic (exact) mass is 504 g/mol. The minimum absolute atomic E-state index is 0. The number of benzene rings is 2. The molecule has 2 fully saturated rings. The van der Waals surface area contributed by atoms with E-state index in [-0.39, 0.29) is 19.3 Å². The van der Waals surface area contributed by atoms with Gasteiger partial charge in [-0.1, -0.05) is 19.6 Å². The smallest absolute Gasteiger partial charge is 0.229 e. The highest BCUT2D eigenvalue weighted by Crippen LogP contribution is 2.31. The fourth-order valence-electron chi connectivity index (χ4n) is 4.84. The van der Waals surface area contributed by atoms with E-state index in [2.05, 4.69) is 42.5 Å². The molecule has 0 spiro atoms. The minimum atomic E-state index is -0.324. The zero-order valence-electron chi connectivity index (χ0n) is 20.0. The van der Waals surface area contributed by atoms with E-state index in [0.29, 0.717) is 23.1 Å². The molecule has 2 aromatic carbocycles. The van der Waals surface area contributed by atoms with Crippen molar-refractivity contribution in [1.82, 2.24) is 24.8 Å². The summed E-state index contributed by atoms with van der Waals surface area (Å²) in [5.41, 5.74) is 3.86. The Kier molecular flexibility index (Phi) is 7.47. The maximum Gasteiger partial charge on any atom is 0.229 e. The van der Waals surface area contributed by atoms with Crippen molar-refractivity contribution in [3.05, 3.63) is 60.5 Å². The van der Waals surface area contributed by atoms with Gasteiger partial charge < -0.3 is 25.6 Å². The van der Waals surface area contributed by atoms with Crippen molar-refractivity contribution in [3.63, 3.8) is 0 Å². The minimum Gasteiger partial charge on any atom is -0.378 e. The van der Waals surface area contributed by atoms with Gasteiger partial charge in [0, 0.05) is 30.5 Å². The summed E-state index contributed by atoms with van der Waals surface area (Å²) in [7, 11) is 0. The number of fused-ring (bicyclic) bond motifs is 1. The molecule has 2 aliphatic heterocycles. The Morgan fingerprint density at radius 1 is 0.946 bits per heavy atom. The van der Waals surface area contributed by atoms with Crippen LogP contribution in [-0.2, 0) is 4.74 Å². The molecule has 37 heavy (non-hydrogen) atoms. The second-order valence-electron chi connectivity index (χ2n) is 9.07. The Hall–Kier alpha value is -3.76. The molecule has 0 aliphatic carbocycles. The van der Waals surface area contributed by atoms with Crippen molar-refractivity contribution in [1.29, 1.82) is 0 Å². The Morgan fingerprint density at radius 3 is 2.46 bits per heavy atom. The van der Waals surface area contributed by atoms with Gasteiger partial charge >= 0.3 is 0 Å².